The second-order valence-electron chi connectivity index (χ2n) is 4.24. The van der Waals surface area contributed by atoms with Crippen molar-refractivity contribution in [2.45, 2.75) is 12.3 Å². The van der Waals surface area contributed by atoms with Crippen LogP contribution >= 0.6 is 27.5 Å². The van der Waals surface area contributed by atoms with Gasteiger partial charge in [0, 0.05) is 10.4 Å². The molecule has 2 aromatic carbocycles. The van der Waals surface area contributed by atoms with Crippen molar-refractivity contribution in [3.63, 3.8) is 0 Å². The highest BCUT2D eigenvalue weighted by atomic mass is 79.9. The van der Waals surface area contributed by atoms with Crippen molar-refractivity contribution in [2.24, 2.45) is 0 Å². The van der Waals surface area contributed by atoms with Gasteiger partial charge < -0.3 is 0 Å². The van der Waals surface area contributed by atoms with Crippen molar-refractivity contribution in [3.8, 4) is 0 Å². The minimum atomic E-state index is -0.197. The summed E-state index contributed by atoms with van der Waals surface area (Å²) in [6.45, 7) is 0. The molecule has 0 amide bonds. The molecule has 0 heterocycles. The molecule has 0 fully saturated rings. The van der Waals surface area contributed by atoms with Crippen LogP contribution in [-0.4, -0.2) is 5.33 Å². The van der Waals surface area contributed by atoms with Crippen LogP contribution in [-0.2, 0) is 6.42 Å². The van der Waals surface area contributed by atoms with E-state index in [0.717, 1.165) is 22.3 Å². The van der Waals surface area contributed by atoms with E-state index < -0.39 is 0 Å². The van der Waals surface area contributed by atoms with Crippen molar-refractivity contribution in [3.05, 3.63) is 70.5 Å². The van der Waals surface area contributed by atoms with Gasteiger partial charge >= 0.3 is 0 Å². The Hall–Kier alpha value is -0.860. The van der Waals surface area contributed by atoms with E-state index in [1.54, 1.807) is 0 Å². The van der Waals surface area contributed by atoms with E-state index in [2.05, 4.69) is 22.0 Å². The van der Waals surface area contributed by atoms with E-state index in [4.69, 9.17) is 11.6 Å². The third-order valence-electron chi connectivity index (χ3n) is 2.90. The number of halogens is 3. The SMILES string of the molecule is Fc1ccc(CC(CBr)c2cccc(Cl)c2)cc1. The Kier molecular flexibility index (Phi) is 4.79. The van der Waals surface area contributed by atoms with E-state index in [-0.39, 0.29) is 5.82 Å². The van der Waals surface area contributed by atoms with Crippen LogP contribution in [0, 0.1) is 5.82 Å². The van der Waals surface area contributed by atoms with E-state index in [0.29, 0.717) is 5.92 Å². The maximum Gasteiger partial charge on any atom is 0.123 e. The first kappa shape index (κ1) is 13.6. The van der Waals surface area contributed by atoms with E-state index in [1.807, 2.05) is 30.3 Å². The molecule has 0 spiro atoms. The summed E-state index contributed by atoms with van der Waals surface area (Å²) in [4.78, 5) is 0. The lowest BCUT2D eigenvalue weighted by Crippen LogP contribution is -2.04. The van der Waals surface area contributed by atoms with Crippen LogP contribution in [0.3, 0.4) is 0 Å². The predicted octanol–water partition coefficient (Wildman–Crippen LogP) is 5.20. The van der Waals surface area contributed by atoms with E-state index >= 15 is 0 Å². The fraction of sp³-hybridized carbons (Fsp3) is 0.200. The van der Waals surface area contributed by atoms with Gasteiger partial charge in [0.15, 0.2) is 0 Å². The Morgan fingerprint density at radius 1 is 1.11 bits per heavy atom. The molecule has 0 bridgehead atoms. The molecule has 0 N–H and O–H groups in total. The molecule has 0 aliphatic heterocycles. The Balaban J connectivity index is 2.17. The van der Waals surface area contributed by atoms with Gasteiger partial charge in [0.2, 0.25) is 0 Å². The minimum absolute atomic E-state index is 0.197. The average molecular weight is 328 g/mol. The molecule has 0 saturated carbocycles. The molecule has 2 aromatic rings. The van der Waals surface area contributed by atoms with Crippen LogP contribution in [0.25, 0.3) is 0 Å². The number of alkyl halides is 1. The summed E-state index contributed by atoms with van der Waals surface area (Å²) in [5.74, 6) is 0.144. The van der Waals surface area contributed by atoms with Crippen LogP contribution in [0.2, 0.25) is 5.02 Å². The first-order valence-electron chi connectivity index (χ1n) is 5.75. The van der Waals surface area contributed by atoms with Crippen molar-refractivity contribution >= 4 is 27.5 Å². The second-order valence-corrected chi connectivity index (χ2v) is 5.32. The van der Waals surface area contributed by atoms with Crippen LogP contribution in [0.15, 0.2) is 48.5 Å². The van der Waals surface area contributed by atoms with Gasteiger partial charge in [-0.15, -0.1) is 0 Å². The molecular weight excluding hydrogens is 315 g/mol. The van der Waals surface area contributed by atoms with Crippen molar-refractivity contribution < 1.29 is 4.39 Å². The van der Waals surface area contributed by atoms with Gasteiger partial charge in [0.1, 0.15) is 5.82 Å². The second kappa shape index (κ2) is 6.35. The largest absolute Gasteiger partial charge is 0.207 e. The van der Waals surface area contributed by atoms with Gasteiger partial charge in [0.25, 0.3) is 0 Å². The summed E-state index contributed by atoms with van der Waals surface area (Å²) < 4.78 is 12.9. The average Bonchev–Trinajstić information content (AvgIpc) is 2.38. The Labute approximate surface area is 120 Å². The fourth-order valence-electron chi connectivity index (χ4n) is 1.93. The number of benzene rings is 2. The van der Waals surface area contributed by atoms with E-state index in [9.17, 15) is 4.39 Å². The minimum Gasteiger partial charge on any atom is -0.207 e. The number of hydrogen-bond donors (Lipinski definition) is 0. The van der Waals surface area contributed by atoms with Gasteiger partial charge in [-0.3, -0.25) is 0 Å². The molecule has 0 aliphatic rings. The van der Waals surface area contributed by atoms with Crippen LogP contribution in [0.5, 0.6) is 0 Å². The first-order chi connectivity index (χ1) is 8.69. The third-order valence-corrected chi connectivity index (χ3v) is 3.92. The van der Waals surface area contributed by atoms with Gasteiger partial charge in [-0.25, -0.2) is 4.39 Å². The van der Waals surface area contributed by atoms with Gasteiger partial charge in [0.05, 0.1) is 0 Å². The molecule has 18 heavy (non-hydrogen) atoms. The topological polar surface area (TPSA) is 0 Å². The summed E-state index contributed by atoms with van der Waals surface area (Å²) >= 11 is 9.54. The smallest absolute Gasteiger partial charge is 0.123 e. The fourth-order valence-corrected chi connectivity index (χ4v) is 2.73. The van der Waals surface area contributed by atoms with Gasteiger partial charge in [-0.2, -0.15) is 0 Å². The van der Waals surface area contributed by atoms with Crippen molar-refractivity contribution in [1.29, 1.82) is 0 Å². The van der Waals surface area contributed by atoms with Crippen molar-refractivity contribution in [2.75, 3.05) is 5.33 Å². The molecular formula is C15H13BrClF. The normalized spacial score (nSPS) is 12.4. The van der Waals surface area contributed by atoms with Crippen LogP contribution in [0.1, 0.15) is 17.0 Å². The molecule has 0 radical (unpaired) electrons. The maximum absolute atomic E-state index is 12.9. The van der Waals surface area contributed by atoms with Crippen LogP contribution < -0.4 is 0 Å². The van der Waals surface area contributed by atoms with E-state index in [1.165, 1.54) is 17.7 Å². The van der Waals surface area contributed by atoms with Crippen LogP contribution in [0.4, 0.5) is 4.39 Å². The van der Waals surface area contributed by atoms with Crippen molar-refractivity contribution in [1.82, 2.24) is 0 Å². The molecule has 0 saturated heterocycles. The Morgan fingerprint density at radius 2 is 1.83 bits per heavy atom. The maximum atomic E-state index is 12.9. The highest BCUT2D eigenvalue weighted by Gasteiger charge is 2.11. The number of rotatable bonds is 4. The zero-order valence-electron chi connectivity index (χ0n) is 9.74. The Bertz CT molecular complexity index is 510. The summed E-state index contributed by atoms with van der Waals surface area (Å²) in [7, 11) is 0. The third kappa shape index (κ3) is 3.56. The summed E-state index contributed by atoms with van der Waals surface area (Å²) in [5, 5.41) is 1.60. The molecule has 0 aromatic heterocycles. The standard InChI is InChI=1S/C15H13BrClF/c16-10-13(12-2-1-3-14(17)9-12)8-11-4-6-15(18)7-5-11/h1-7,9,13H,8,10H2. The monoisotopic (exact) mass is 326 g/mol. The summed E-state index contributed by atoms with van der Waals surface area (Å²) in [5.41, 5.74) is 2.32. The predicted molar refractivity (Wildman–Crippen MR) is 78.1 cm³/mol. The lowest BCUT2D eigenvalue weighted by Gasteiger charge is -2.15. The quantitative estimate of drug-likeness (QED) is 0.677. The Morgan fingerprint density at radius 3 is 2.44 bits per heavy atom. The number of hydrogen-bond acceptors (Lipinski definition) is 0. The highest BCUT2D eigenvalue weighted by molar-refractivity contribution is 9.09. The van der Waals surface area contributed by atoms with Gasteiger partial charge in [-0.05, 0) is 47.7 Å². The molecule has 1 atom stereocenters. The lowest BCUT2D eigenvalue weighted by molar-refractivity contribution is 0.626. The molecule has 0 aliphatic carbocycles. The molecule has 0 nitrogen and oxygen atoms in total. The highest BCUT2D eigenvalue weighted by Crippen LogP contribution is 2.25. The van der Waals surface area contributed by atoms with Gasteiger partial charge in [-0.1, -0.05) is 51.8 Å². The zero-order chi connectivity index (χ0) is 13.0. The summed E-state index contributed by atoms with van der Waals surface area (Å²) in [6.07, 6.45) is 0.867. The molecule has 3 heteroatoms. The zero-order valence-corrected chi connectivity index (χ0v) is 12.1. The first-order valence-corrected chi connectivity index (χ1v) is 7.25. The summed E-state index contributed by atoms with van der Waals surface area (Å²) in [6, 6.07) is 14.5. The molecule has 1 unspecified atom stereocenters. The molecule has 2 rings (SSSR count). The molecule has 94 valence electrons. The lowest BCUT2D eigenvalue weighted by atomic mass is 9.94.